The van der Waals surface area contributed by atoms with Crippen LogP contribution in [0.15, 0.2) is 41.1 Å². The van der Waals surface area contributed by atoms with Gasteiger partial charge in [0.05, 0.1) is 26.1 Å². The highest BCUT2D eigenvalue weighted by molar-refractivity contribution is 6.18. The third kappa shape index (κ3) is 7.88. The van der Waals surface area contributed by atoms with E-state index in [0.29, 0.717) is 12.2 Å². The molecule has 1 aliphatic heterocycles. The van der Waals surface area contributed by atoms with Gasteiger partial charge in [0.15, 0.2) is 5.76 Å². The number of anilines is 1. The van der Waals surface area contributed by atoms with Gasteiger partial charge in [0.1, 0.15) is 5.82 Å². The Morgan fingerprint density at radius 2 is 1.55 bits per heavy atom. The smallest absolute Gasteiger partial charge is 0.335 e. The van der Waals surface area contributed by atoms with E-state index >= 15 is 0 Å². The Kier molecular flexibility index (Phi) is 12.6. The van der Waals surface area contributed by atoms with Gasteiger partial charge in [-0.15, -0.1) is 0 Å². The van der Waals surface area contributed by atoms with Crippen molar-refractivity contribution in [2.45, 2.75) is 104 Å². The van der Waals surface area contributed by atoms with Crippen molar-refractivity contribution in [3.05, 3.63) is 48.0 Å². The quantitative estimate of drug-likeness (QED) is 0.138. The normalized spacial score (nSPS) is 17.8. The predicted octanol–water partition coefficient (Wildman–Crippen LogP) is 5.89. The molecule has 0 spiro atoms. The van der Waals surface area contributed by atoms with E-state index in [-0.39, 0.29) is 55.4 Å². The Bertz CT molecular complexity index is 1280. The number of esters is 3. The maximum Gasteiger partial charge on any atom is 0.335 e. The minimum Gasteiger partial charge on any atom is -0.465 e. The Morgan fingerprint density at radius 1 is 0.957 bits per heavy atom. The van der Waals surface area contributed by atoms with Crippen LogP contribution in [0.5, 0.6) is 0 Å². The average Bonchev–Trinajstić information content (AvgIpc) is 3.62. The maximum atomic E-state index is 13.7. The van der Waals surface area contributed by atoms with E-state index in [1.54, 1.807) is 44.0 Å². The molecule has 2 aromatic rings. The topological polar surface area (TPSA) is 128 Å². The fraction of sp³-hybridized carbons (Fsp3) is 0.639. The summed E-state index contributed by atoms with van der Waals surface area (Å²) in [5, 5.41) is 0. The molecular weight excluding hydrogens is 602 g/mol. The van der Waals surface area contributed by atoms with Crippen molar-refractivity contribution in [3.8, 4) is 0 Å². The number of likely N-dealkylation sites (tertiary alicyclic amines) is 1. The molecule has 11 heteroatoms. The van der Waals surface area contributed by atoms with Crippen molar-refractivity contribution in [3.63, 3.8) is 0 Å². The summed E-state index contributed by atoms with van der Waals surface area (Å²) in [6.45, 7) is 10.7. The largest absolute Gasteiger partial charge is 0.465 e. The van der Waals surface area contributed by atoms with Gasteiger partial charge < -0.3 is 18.6 Å². The van der Waals surface area contributed by atoms with Crippen molar-refractivity contribution in [2.24, 2.45) is 10.8 Å². The number of piperidine rings is 1. The van der Waals surface area contributed by atoms with Crippen LogP contribution >= 0.6 is 0 Å². The summed E-state index contributed by atoms with van der Waals surface area (Å²) in [5.41, 5.74) is -1.41. The summed E-state index contributed by atoms with van der Waals surface area (Å²) in [4.78, 5) is 62.8. The number of ether oxygens (including phenoxy) is 3. The van der Waals surface area contributed by atoms with Crippen LogP contribution in [0.4, 0.5) is 5.82 Å². The fourth-order valence-corrected chi connectivity index (χ4v) is 7.39. The Balaban J connectivity index is 1.57. The summed E-state index contributed by atoms with van der Waals surface area (Å²) < 4.78 is 21.4. The lowest BCUT2D eigenvalue weighted by atomic mass is 9.63. The van der Waals surface area contributed by atoms with E-state index in [0.717, 1.165) is 63.6 Å². The zero-order chi connectivity index (χ0) is 34.0. The molecule has 2 aliphatic rings. The van der Waals surface area contributed by atoms with Crippen LogP contribution < -0.4 is 4.90 Å². The summed E-state index contributed by atoms with van der Waals surface area (Å²) >= 11 is 0. The molecular formula is C36H51N3O8. The van der Waals surface area contributed by atoms with Gasteiger partial charge >= 0.3 is 17.9 Å². The fourth-order valence-electron chi connectivity index (χ4n) is 7.39. The molecule has 1 aliphatic carbocycles. The number of aryl methyl sites for hydroxylation is 1. The van der Waals surface area contributed by atoms with Crippen LogP contribution in [-0.4, -0.2) is 78.7 Å². The van der Waals surface area contributed by atoms with E-state index in [1.165, 1.54) is 6.26 Å². The molecule has 1 atom stereocenters. The molecule has 0 bridgehead atoms. The minimum atomic E-state index is -2.17. The zero-order valence-corrected chi connectivity index (χ0v) is 28.6. The molecule has 1 amide bonds. The molecule has 0 N–H and O–H groups in total. The van der Waals surface area contributed by atoms with Crippen LogP contribution in [0.3, 0.4) is 0 Å². The third-order valence-corrected chi connectivity index (χ3v) is 10.1. The van der Waals surface area contributed by atoms with E-state index in [1.807, 2.05) is 19.1 Å². The lowest BCUT2D eigenvalue weighted by molar-refractivity contribution is -0.185. The van der Waals surface area contributed by atoms with Gasteiger partial charge in [0.2, 0.25) is 0 Å². The van der Waals surface area contributed by atoms with Crippen LogP contribution in [0, 0.1) is 17.8 Å². The molecule has 1 saturated carbocycles. The first-order valence-corrected chi connectivity index (χ1v) is 17.2. The Morgan fingerprint density at radius 3 is 2.04 bits per heavy atom. The van der Waals surface area contributed by atoms with Crippen molar-refractivity contribution in [2.75, 3.05) is 37.8 Å². The highest BCUT2D eigenvalue weighted by Crippen LogP contribution is 2.48. The number of hydrogen-bond donors (Lipinski definition) is 0. The van der Waals surface area contributed by atoms with Crippen LogP contribution in [0.1, 0.15) is 102 Å². The van der Waals surface area contributed by atoms with Crippen LogP contribution in [0.25, 0.3) is 0 Å². The number of nitrogens with zero attached hydrogens (tertiary/aromatic N) is 3. The number of furan rings is 1. The Hall–Kier alpha value is -3.73. The molecule has 2 fully saturated rings. The van der Waals surface area contributed by atoms with Crippen molar-refractivity contribution in [1.29, 1.82) is 0 Å². The number of rotatable bonds is 14. The van der Waals surface area contributed by atoms with Gasteiger partial charge in [-0.1, -0.05) is 25.3 Å². The molecule has 3 heterocycles. The van der Waals surface area contributed by atoms with Gasteiger partial charge in [-0.05, 0) is 102 Å². The first-order chi connectivity index (χ1) is 22.6. The van der Waals surface area contributed by atoms with Crippen LogP contribution in [0.2, 0.25) is 0 Å². The molecule has 258 valence electrons. The van der Waals surface area contributed by atoms with Crippen LogP contribution in [-0.2, 0) is 28.6 Å². The average molecular weight is 654 g/mol. The molecule has 1 unspecified atom stereocenters. The summed E-state index contributed by atoms with van der Waals surface area (Å²) in [6.07, 6.45) is 10.1. The molecule has 4 rings (SSSR count). The standard InChI is InChI=1S/C36H51N3O8/c1-6-44-32(41)36(33(42)45-7-2,34(43)46-8-3)21-20-35(18-10-9-11-19-35)27(5)38-22-16-28(17-23-38)39(30-15-14-26(4)25-37-30)31(40)29-13-12-24-47-29/h12-15,24-25,27-28H,6-11,16-23H2,1-5H3. The number of carbonyl (C=O) groups is 4. The zero-order valence-electron chi connectivity index (χ0n) is 28.6. The second-order valence-electron chi connectivity index (χ2n) is 12.8. The highest BCUT2D eigenvalue weighted by atomic mass is 16.6. The predicted molar refractivity (Wildman–Crippen MR) is 176 cm³/mol. The monoisotopic (exact) mass is 653 g/mol. The number of amides is 1. The first-order valence-electron chi connectivity index (χ1n) is 17.2. The number of carbonyl (C=O) groups excluding carboxylic acids is 4. The van der Waals surface area contributed by atoms with Gasteiger partial charge in [-0.3, -0.25) is 29.0 Å². The van der Waals surface area contributed by atoms with E-state index in [2.05, 4.69) is 16.8 Å². The lowest BCUT2D eigenvalue weighted by Crippen LogP contribution is -2.55. The first kappa shape index (κ1) is 36.1. The van der Waals surface area contributed by atoms with Crippen molar-refractivity contribution >= 4 is 29.6 Å². The summed E-state index contributed by atoms with van der Waals surface area (Å²) in [7, 11) is 0. The SMILES string of the molecule is CCOC(=O)C(CCC1(C(C)N2CCC(N(C(=O)c3ccco3)c3ccc(C)cn3)CC2)CCCCC1)(C(=O)OCC)C(=O)OCC. The molecule has 2 aromatic heterocycles. The molecule has 11 nitrogen and oxygen atoms in total. The highest BCUT2D eigenvalue weighted by Gasteiger charge is 2.58. The van der Waals surface area contributed by atoms with Gasteiger partial charge in [0.25, 0.3) is 11.3 Å². The summed E-state index contributed by atoms with van der Waals surface area (Å²) in [6, 6.07) is 7.25. The summed E-state index contributed by atoms with van der Waals surface area (Å²) in [5.74, 6) is -2.08. The van der Waals surface area contributed by atoms with E-state index < -0.39 is 23.3 Å². The van der Waals surface area contributed by atoms with Gasteiger partial charge in [0, 0.05) is 31.4 Å². The maximum absolute atomic E-state index is 13.7. The molecule has 47 heavy (non-hydrogen) atoms. The molecule has 0 aromatic carbocycles. The second kappa shape index (κ2) is 16.4. The third-order valence-electron chi connectivity index (χ3n) is 10.1. The number of pyridine rings is 1. The van der Waals surface area contributed by atoms with E-state index in [9.17, 15) is 19.2 Å². The van der Waals surface area contributed by atoms with E-state index in [4.69, 9.17) is 18.6 Å². The van der Waals surface area contributed by atoms with Crippen molar-refractivity contribution in [1.82, 2.24) is 9.88 Å². The van der Waals surface area contributed by atoms with Crippen molar-refractivity contribution < 1.29 is 37.8 Å². The number of hydrogen-bond acceptors (Lipinski definition) is 10. The second-order valence-corrected chi connectivity index (χ2v) is 12.8. The lowest BCUT2D eigenvalue weighted by Gasteiger charge is -2.50. The van der Waals surface area contributed by atoms with Gasteiger partial charge in [-0.25, -0.2) is 4.98 Å². The van der Waals surface area contributed by atoms with Gasteiger partial charge in [-0.2, -0.15) is 0 Å². The molecule has 1 saturated heterocycles. The minimum absolute atomic E-state index is 0.0213. The Labute approximate surface area is 278 Å². The molecule has 0 radical (unpaired) electrons. The number of aromatic nitrogens is 1.